The zero-order valence-electron chi connectivity index (χ0n) is 17.5. The van der Waals surface area contributed by atoms with Crippen LogP contribution in [0.25, 0.3) is 22.3 Å². The Morgan fingerprint density at radius 1 is 0.581 bits per heavy atom. The van der Waals surface area contributed by atoms with E-state index in [9.17, 15) is 4.21 Å². The maximum absolute atomic E-state index is 11.2. The fraction of sp³-hybridized carbons (Fsp3) is 0.0769. The van der Waals surface area contributed by atoms with Crippen LogP contribution in [0.5, 0.6) is 0 Å². The molecule has 2 N–H and O–H groups in total. The minimum Gasteiger partial charge on any atom is -0.255 e. The summed E-state index contributed by atoms with van der Waals surface area (Å²) >= 11 is 1.77. The largest absolute Gasteiger partial charge is 0.255 e. The highest BCUT2D eigenvalue weighted by Crippen LogP contribution is 2.22. The molecule has 4 aromatic carbocycles. The molecule has 0 saturated carbocycles. The molecule has 0 aromatic heterocycles. The lowest BCUT2D eigenvalue weighted by molar-refractivity contribution is -0.176. The van der Waals surface area contributed by atoms with Gasteiger partial charge in [-0.25, -0.2) is 0 Å². The molecule has 0 aliphatic carbocycles. The summed E-state index contributed by atoms with van der Waals surface area (Å²) in [6, 6.07) is 37.1. The molecule has 0 heterocycles. The molecule has 0 saturated heterocycles. The highest BCUT2D eigenvalue weighted by atomic mass is 32.2. The van der Waals surface area contributed by atoms with Crippen molar-refractivity contribution in [2.24, 2.45) is 0 Å². The normalized spacial score (nSPS) is 10.7. The first-order chi connectivity index (χ1) is 15.2. The second-order valence-electron chi connectivity index (χ2n) is 6.44. The summed E-state index contributed by atoms with van der Waals surface area (Å²) in [4.78, 5) is 2.18. The average molecular weight is 451 g/mol. The van der Waals surface area contributed by atoms with E-state index in [2.05, 4.69) is 66.9 Å². The second-order valence-corrected chi connectivity index (χ2v) is 8.70. The lowest BCUT2D eigenvalue weighted by Gasteiger charge is -2.02. The molecule has 0 bridgehead atoms. The fourth-order valence-corrected chi connectivity index (χ4v) is 3.81. The van der Waals surface area contributed by atoms with Gasteiger partial charge in [0.05, 0.1) is 0 Å². The molecule has 3 nitrogen and oxygen atoms in total. The first-order valence-corrected chi connectivity index (χ1v) is 12.3. The van der Waals surface area contributed by atoms with Gasteiger partial charge in [-0.3, -0.25) is 14.7 Å². The van der Waals surface area contributed by atoms with Crippen molar-refractivity contribution in [2.45, 2.75) is 9.79 Å². The number of benzene rings is 4. The molecule has 0 aliphatic heterocycles. The molecular formula is C26H26O3S2. The maximum atomic E-state index is 11.2. The minimum absolute atomic E-state index is 0.870. The average Bonchev–Trinajstić information content (AvgIpc) is 2.87. The van der Waals surface area contributed by atoms with Gasteiger partial charge >= 0.3 is 0 Å². The Bertz CT molecular complexity index is 1030. The van der Waals surface area contributed by atoms with Gasteiger partial charge in [-0.2, -0.15) is 0 Å². The van der Waals surface area contributed by atoms with Crippen molar-refractivity contribution in [3.8, 4) is 22.3 Å². The SMILES string of the molecule is CS(=O)c1ccc(-c2ccccc2)cc1.CSc1ccc(-c2ccccc2)cc1.OO. The third-order valence-electron chi connectivity index (χ3n) is 4.49. The monoisotopic (exact) mass is 450 g/mol. The summed E-state index contributed by atoms with van der Waals surface area (Å²) in [5.41, 5.74) is 4.90. The highest BCUT2D eigenvalue weighted by molar-refractivity contribution is 7.98. The van der Waals surface area contributed by atoms with Gasteiger partial charge < -0.3 is 0 Å². The van der Waals surface area contributed by atoms with E-state index in [-0.39, 0.29) is 0 Å². The minimum atomic E-state index is -0.894. The van der Waals surface area contributed by atoms with Gasteiger partial charge in [-0.05, 0) is 52.8 Å². The Balaban J connectivity index is 0.000000204. The van der Waals surface area contributed by atoms with Gasteiger partial charge in [0.1, 0.15) is 0 Å². The number of thioether (sulfide) groups is 1. The topological polar surface area (TPSA) is 57.5 Å². The summed E-state index contributed by atoms with van der Waals surface area (Å²) in [5, 5.41) is 12.0. The third-order valence-corrected chi connectivity index (χ3v) is 6.17. The highest BCUT2D eigenvalue weighted by Gasteiger charge is 1.99. The summed E-state index contributed by atoms with van der Waals surface area (Å²) in [7, 11) is -0.894. The molecule has 160 valence electrons. The predicted octanol–water partition coefficient (Wildman–Crippen LogP) is 7.18. The van der Waals surface area contributed by atoms with Gasteiger partial charge in [-0.1, -0.05) is 84.9 Å². The van der Waals surface area contributed by atoms with E-state index < -0.39 is 10.8 Å². The molecule has 4 rings (SSSR count). The molecule has 31 heavy (non-hydrogen) atoms. The van der Waals surface area contributed by atoms with E-state index in [1.54, 1.807) is 18.0 Å². The first kappa shape index (κ1) is 24.6. The van der Waals surface area contributed by atoms with E-state index in [0.717, 1.165) is 10.5 Å². The van der Waals surface area contributed by atoms with Crippen LogP contribution in [0.3, 0.4) is 0 Å². The van der Waals surface area contributed by atoms with Crippen molar-refractivity contribution in [1.82, 2.24) is 0 Å². The van der Waals surface area contributed by atoms with E-state index in [4.69, 9.17) is 10.5 Å². The summed E-state index contributed by atoms with van der Waals surface area (Å²) < 4.78 is 11.2. The molecular weight excluding hydrogens is 424 g/mol. The van der Waals surface area contributed by atoms with Crippen molar-refractivity contribution in [3.63, 3.8) is 0 Å². The quantitative estimate of drug-likeness (QED) is 0.196. The molecule has 0 amide bonds. The smallest absolute Gasteiger partial charge is 0.0498 e. The van der Waals surface area contributed by atoms with Crippen LogP contribution in [0.2, 0.25) is 0 Å². The predicted molar refractivity (Wildman–Crippen MR) is 133 cm³/mol. The standard InChI is InChI=1S/C13H12OS.C13H12S.H2O2/c1-15(14)13-9-7-12(8-10-13)11-5-3-2-4-6-11;1-14-13-9-7-12(8-10-13)11-5-3-2-4-6-11;1-2/h2-10H,1H3;2-10H,1H3;1-2H. The third kappa shape index (κ3) is 7.81. The number of rotatable bonds is 4. The van der Waals surface area contributed by atoms with Crippen LogP contribution in [0, 0.1) is 0 Å². The Labute approximate surface area is 190 Å². The van der Waals surface area contributed by atoms with E-state index in [1.165, 1.54) is 21.6 Å². The van der Waals surface area contributed by atoms with Crippen LogP contribution in [0.4, 0.5) is 0 Å². The molecule has 4 aromatic rings. The lowest BCUT2D eigenvalue weighted by atomic mass is 10.1. The molecule has 0 aliphatic rings. The van der Waals surface area contributed by atoms with E-state index >= 15 is 0 Å². The number of hydrogen-bond acceptors (Lipinski definition) is 4. The van der Waals surface area contributed by atoms with Crippen LogP contribution in [0.1, 0.15) is 0 Å². The van der Waals surface area contributed by atoms with Crippen molar-refractivity contribution in [1.29, 1.82) is 0 Å². The van der Waals surface area contributed by atoms with Crippen LogP contribution < -0.4 is 0 Å². The molecule has 1 atom stereocenters. The summed E-state index contributed by atoms with van der Waals surface area (Å²) in [6.45, 7) is 0. The zero-order valence-corrected chi connectivity index (χ0v) is 19.1. The molecule has 0 fully saturated rings. The van der Waals surface area contributed by atoms with Gasteiger partial charge in [-0.15, -0.1) is 11.8 Å². The lowest BCUT2D eigenvalue weighted by Crippen LogP contribution is -1.86. The van der Waals surface area contributed by atoms with Crippen molar-refractivity contribution < 1.29 is 14.7 Å². The first-order valence-electron chi connectivity index (χ1n) is 9.56. The molecule has 0 spiro atoms. The molecule has 5 heteroatoms. The molecule has 1 unspecified atom stereocenters. The summed E-state index contributed by atoms with van der Waals surface area (Å²) in [6.07, 6.45) is 3.79. The Morgan fingerprint density at radius 2 is 0.935 bits per heavy atom. The molecule has 0 radical (unpaired) electrons. The van der Waals surface area contributed by atoms with Crippen molar-refractivity contribution in [2.75, 3.05) is 12.5 Å². The van der Waals surface area contributed by atoms with Crippen LogP contribution in [0.15, 0.2) is 119 Å². The second kappa shape index (κ2) is 13.6. The van der Waals surface area contributed by atoms with Crippen molar-refractivity contribution >= 4 is 22.6 Å². The van der Waals surface area contributed by atoms with Gasteiger partial charge in [0.25, 0.3) is 0 Å². The number of hydrogen-bond donors (Lipinski definition) is 2. The Hall–Kier alpha value is -2.70. The van der Waals surface area contributed by atoms with Crippen LogP contribution >= 0.6 is 11.8 Å². The van der Waals surface area contributed by atoms with E-state index in [1.807, 2.05) is 48.5 Å². The Kier molecular flexibility index (Phi) is 10.8. The van der Waals surface area contributed by atoms with E-state index in [0.29, 0.717) is 0 Å². The van der Waals surface area contributed by atoms with Crippen LogP contribution in [-0.2, 0) is 10.8 Å². The van der Waals surface area contributed by atoms with Gasteiger partial charge in [0, 0.05) is 26.8 Å². The van der Waals surface area contributed by atoms with Crippen molar-refractivity contribution in [3.05, 3.63) is 109 Å². The zero-order chi connectivity index (χ0) is 22.5. The Morgan fingerprint density at radius 3 is 1.29 bits per heavy atom. The van der Waals surface area contributed by atoms with Crippen LogP contribution in [-0.4, -0.2) is 27.2 Å². The maximum Gasteiger partial charge on any atom is 0.0498 e. The summed E-state index contributed by atoms with van der Waals surface area (Å²) in [5.74, 6) is 0. The van der Waals surface area contributed by atoms with Gasteiger partial charge in [0.2, 0.25) is 0 Å². The fourth-order valence-electron chi connectivity index (χ4n) is 2.88. The van der Waals surface area contributed by atoms with Gasteiger partial charge in [0.15, 0.2) is 0 Å².